The van der Waals surface area contributed by atoms with E-state index in [2.05, 4.69) is 10.3 Å². The van der Waals surface area contributed by atoms with Gasteiger partial charge in [-0.3, -0.25) is 14.9 Å². The van der Waals surface area contributed by atoms with Gasteiger partial charge in [-0.15, -0.1) is 11.3 Å². The molecule has 2 heterocycles. The van der Waals surface area contributed by atoms with Crippen LogP contribution < -0.4 is 5.32 Å². The number of aromatic nitrogens is 1. The fourth-order valence-electron chi connectivity index (χ4n) is 2.68. The molecule has 0 radical (unpaired) electrons. The number of hydrogen-bond acceptors (Lipinski definition) is 4. The van der Waals surface area contributed by atoms with Gasteiger partial charge in [0.25, 0.3) is 0 Å². The molecule has 2 unspecified atom stereocenters. The number of piperidine rings is 1. The number of carbonyl (C=O) groups excluding carboxylic acids is 2. The van der Waals surface area contributed by atoms with Gasteiger partial charge in [0.15, 0.2) is 0 Å². The molecular weight excluding hydrogens is 308 g/mol. The van der Waals surface area contributed by atoms with Crippen molar-refractivity contribution in [2.75, 3.05) is 0 Å². The van der Waals surface area contributed by atoms with Crippen molar-refractivity contribution in [3.8, 4) is 0 Å². The van der Waals surface area contributed by atoms with Crippen molar-refractivity contribution in [2.24, 2.45) is 0 Å². The predicted octanol–water partition coefficient (Wildman–Crippen LogP) is 3.02. The third-order valence-corrected chi connectivity index (χ3v) is 4.60. The molecule has 0 saturated carbocycles. The zero-order chi connectivity index (χ0) is 15.0. The van der Waals surface area contributed by atoms with Crippen LogP contribution in [0.2, 0.25) is 5.02 Å². The molecule has 2 amide bonds. The monoisotopic (exact) mass is 320 g/mol. The fraction of sp³-hybridized carbons (Fsp3) is 0.267. The van der Waals surface area contributed by atoms with Crippen LogP contribution in [0, 0.1) is 6.92 Å². The van der Waals surface area contributed by atoms with E-state index in [4.69, 9.17) is 11.6 Å². The van der Waals surface area contributed by atoms with E-state index < -0.39 is 5.92 Å². The van der Waals surface area contributed by atoms with Crippen LogP contribution in [0.25, 0.3) is 0 Å². The number of nitrogens with one attached hydrogen (secondary N) is 1. The van der Waals surface area contributed by atoms with Crippen molar-refractivity contribution < 1.29 is 9.59 Å². The Balaban J connectivity index is 2.04. The topological polar surface area (TPSA) is 59.1 Å². The van der Waals surface area contributed by atoms with Crippen LogP contribution in [0.5, 0.6) is 0 Å². The molecular formula is C15H13ClN2O2S. The minimum atomic E-state index is -0.442. The first kappa shape index (κ1) is 14.2. The summed E-state index contributed by atoms with van der Waals surface area (Å²) in [6.45, 7) is 1.91. The lowest BCUT2D eigenvalue weighted by molar-refractivity contribution is -0.135. The summed E-state index contributed by atoms with van der Waals surface area (Å²) >= 11 is 7.55. The van der Waals surface area contributed by atoms with Crippen LogP contribution >= 0.6 is 22.9 Å². The van der Waals surface area contributed by atoms with Crippen molar-refractivity contribution in [2.45, 2.75) is 25.2 Å². The van der Waals surface area contributed by atoms with Gasteiger partial charge in [0.2, 0.25) is 11.8 Å². The summed E-state index contributed by atoms with van der Waals surface area (Å²) in [6.07, 6.45) is 0.256. The Morgan fingerprint density at radius 3 is 2.86 bits per heavy atom. The minimum absolute atomic E-state index is 0.241. The summed E-state index contributed by atoms with van der Waals surface area (Å²) in [7, 11) is 0. The van der Waals surface area contributed by atoms with E-state index in [0.717, 1.165) is 16.3 Å². The maximum Gasteiger partial charge on any atom is 0.234 e. The van der Waals surface area contributed by atoms with E-state index in [0.29, 0.717) is 5.02 Å². The first-order valence-electron chi connectivity index (χ1n) is 6.56. The SMILES string of the molecule is Cc1nc(C2CC(=O)NC(=O)C2c2cccc(Cl)c2)cs1. The Morgan fingerprint density at radius 1 is 1.38 bits per heavy atom. The maximum atomic E-state index is 12.3. The molecule has 1 aromatic carbocycles. The first-order chi connectivity index (χ1) is 10.0. The second-order valence-corrected chi connectivity index (χ2v) is 6.55. The van der Waals surface area contributed by atoms with Gasteiger partial charge >= 0.3 is 0 Å². The van der Waals surface area contributed by atoms with Gasteiger partial charge in [-0.1, -0.05) is 23.7 Å². The molecule has 0 aliphatic carbocycles. The van der Waals surface area contributed by atoms with E-state index in [-0.39, 0.29) is 24.2 Å². The molecule has 6 heteroatoms. The molecule has 0 bridgehead atoms. The average molecular weight is 321 g/mol. The van der Waals surface area contributed by atoms with Crippen molar-refractivity contribution in [3.05, 3.63) is 50.9 Å². The van der Waals surface area contributed by atoms with Gasteiger partial charge in [-0.25, -0.2) is 4.98 Å². The molecule has 1 aromatic heterocycles. The van der Waals surface area contributed by atoms with Crippen LogP contribution in [0.1, 0.15) is 34.5 Å². The van der Waals surface area contributed by atoms with Gasteiger partial charge in [0, 0.05) is 22.7 Å². The lowest BCUT2D eigenvalue weighted by Gasteiger charge is -2.29. The highest BCUT2D eigenvalue weighted by Gasteiger charge is 2.39. The second kappa shape index (κ2) is 5.58. The zero-order valence-electron chi connectivity index (χ0n) is 11.3. The Labute approximate surface area is 131 Å². The van der Waals surface area contributed by atoms with E-state index in [1.54, 1.807) is 12.1 Å². The van der Waals surface area contributed by atoms with E-state index in [9.17, 15) is 9.59 Å². The van der Waals surface area contributed by atoms with Gasteiger partial charge in [0.1, 0.15) is 0 Å². The number of benzene rings is 1. The molecule has 1 aliphatic heterocycles. The summed E-state index contributed by atoms with van der Waals surface area (Å²) in [5.74, 6) is -1.23. The predicted molar refractivity (Wildman–Crippen MR) is 81.6 cm³/mol. The van der Waals surface area contributed by atoms with Crippen molar-refractivity contribution >= 4 is 34.8 Å². The molecule has 21 heavy (non-hydrogen) atoms. The molecule has 2 aromatic rings. The largest absolute Gasteiger partial charge is 0.296 e. The minimum Gasteiger partial charge on any atom is -0.296 e. The summed E-state index contributed by atoms with van der Waals surface area (Å²) in [5, 5.41) is 5.83. The number of thiazole rings is 1. The number of rotatable bonds is 2. The van der Waals surface area contributed by atoms with Gasteiger partial charge in [-0.05, 0) is 24.6 Å². The lowest BCUT2D eigenvalue weighted by Crippen LogP contribution is -2.43. The highest BCUT2D eigenvalue weighted by molar-refractivity contribution is 7.09. The molecule has 1 aliphatic rings. The average Bonchev–Trinajstić information content (AvgIpc) is 2.84. The molecule has 108 valence electrons. The molecule has 1 saturated heterocycles. The summed E-state index contributed by atoms with van der Waals surface area (Å²) in [5.41, 5.74) is 1.61. The van der Waals surface area contributed by atoms with E-state index >= 15 is 0 Å². The highest BCUT2D eigenvalue weighted by Crippen LogP contribution is 2.39. The number of nitrogens with zero attached hydrogens (tertiary/aromatic N) is 1. The number of hydrogen-bond donors (Lipinski definition) is 1. The quantitative estimate of drug-likeness (QED) is 0.865. The number of aryl methyl sites for hydroxylation is 1. The van der Waals surface area contributed by atoms with Gasteiger partial charge < -0.3 is 0 Å². The Hall–Kier alpha value is -1.72. The number of amides is 2. The molecule has 4 nitrogen and oxygen atoms in total. The Kier molecular flexibility index (Phi) is 3.78. The zero-order valence-corrected chi connectivity index (χ0v) is 12.9. The molecule has 2 atom stereocenters. The maximum absolute atomic E-state index is 12.3. The normalized spacial score (nSPS) is 22.2. The molecule has 1 fully saturated rings. The molecule has 1 N–H and O–H groups in total. The smallest absolute Gasteiger partial charge is 0.234 e. The van der Waals surface area contributed by atoms with E-state index in [1.165, 1.54) is 11.3 Å². The van der Waals surface area contributed by atoms with Crippen LogP contribution in [0.3, 0.4) is 0 Å². The number of halogens is 1. The van der Waals surface area contributed by atoms with Gasteiger partial charge in [-0.2, -0.15) is 0 Å². The van der Waals surface area contributed by atoms with Crippen LogP contribution in [-0.2, 0) is 9.59 Å². The van der Waals surface area contributed by atoms with Crippen molar-refractivity contribution in [1.29, 1.82) is 0 Å². The van der Waals surface area contributed by atoms with Crippen LogP contribution in [-0.4, -0.2) is 16.8 Å². The summed E-state index contributed by atoms with van der Waals surface area (Å²) in [4.78, 5) is 28.5. The van der Waals surface area contributed by atoms with Crippen molar-refractivity contribution in [3.63, 3.8) is 0 Å². The first-order valence-corrected chi connectivity index (χ1v) is 7.81. The Morgan fingerprint density at radius 2 is 2.19 bits per heavy atom. The molecule has 3 rings (SSSR count). The summed E-state index contributed by atoms with van der Waals surface area (Å²) < 4.78 is 0. The van der Waals surface area contributed by atoms with Gasteiger partial charge in [0.05, 0.1) is 16.6 Å². The lowest BCUT2D eigenvalue weighted by atomic mass is 9.79. The van der Waals surface area contributed by atoms with E-state index in [1.807, 2.05) is 24.4 Å². The van der Waals surface area contributed by atoms with Crippen LogP contribution in [0.4, 0.5) is 0 Å². The third-order valence-electron chi connectivity index (χ3n) is 3.58. The summed E-state index contributed by atoms with van der Waals surface area (Å²) in [6, 6.07) is 7.20. The number of imide groups is 1. The second-order valence-electron chi connectivity index (χ2n) is 5.05. The molecule has 0 spiro atoms. The van der Waals surface area contributed by atoms with Crippen LogP contribution in [0.15, 0.2) is 29.6 Å². The standard InChI is InChI=1S/C15H13ClN2O2S/c1-8-17-12(7-21-8)11-6-13(19)18-15(20)14(11)9-3-2-4-10(16)5-9/h2-5,7,11,14H,6H2,1H3,(H,18,19,20). The third kappa shape index (κ3) is 2.84. The fourth-order valence-corrected chi connectivity index (χ4v) is 3.55. The number of carbonyl (C=O) groups is 2. The highest BCUT2D eigenvalue weighted by atomic mass is 35.5. The Bertz CT molecular complexity index is 713. The van der Waals surface area contributed by atoms with Crippen molar-refractivity contribution in [1.82, 2.24) is 10.3 Å².